The maximum Gasteiger partial charge on any atom is 0.295 e. The molecule has 0 unspecified atom stereocenters. The second kappa shape index (κ2) is 9.70. The van der Waals surface area contributed by atoms with Gasteiger partial charge in [0.2, 0.25) is 0 Å². The van der Waals surface area contributed by atoms with Crippen molar-refractivity contribution in [3.63, 3.8) is 0 Å². The summed E-state index contributed by atoms with van der Waals surface area (Å²) in [6.45, 7) is 0. The molecule has 0 spiro atoms. The van der Waals surface area contributed by atoms with E-state index in [1.807, 2.05) is 0 Å². The molecule has 0 aromatic heterocycles. The van der Waals surface area contributed by atoms with E-state index in [-0.39, 0.29) is 31.9 Å². The summed E-state index contributed by atoms with van der Waals surface area (Å²) in [5.41, 5.74) is 0.861. The maximum absolute atomic E-state index is 13.3. The first-order valence-electron chi connectivity index (χ1n) is 12.3. The number of rotatable bonds is 5. The van der Waals surface area contributed by atoms with Gasteiger partial charge in [-0.1, -0.05) is 78.9 Å². The van der Waals surface area contributed by atoms with Crippen LogP contribution >= 0.6 is 0 Å². The molecule has 0 saturated heterocycles. The molecule has 6 aromatic carbocycles. The molecule has 0 radical (unpaired) electrons. The summed E-state index contributed by atoms with van der Waals surface area (Å²) < 4.78 is 104. The molecule has 0 fully saturated rings. The Morgan fingerprint density at radius 2 is 1.02 bits per heavy atom. The SMILES string of the molecule is O=S(=O)(O)c1ccc2c(-c3c(S(=O)(=O)O)c(-c4cccc5c(S(=O)(=O)O)cccc45)cc4ccccc34)cccc2c1. The Labute approximate surface area is 240 Å². The van der Waals surface area contributed by atoms with Crippen LogP contribution in [0.2, 0.25) is 0 Å². The topological polar surface area (TPSA) is 163 Å². The van der Waals surface area contributed by atoms with Gasteiger partial charge in [0.25, 0.3) is 30.4 Å². The van der Waals surface area contributed by atoms with Crippen LogP contribution in [0.3, 0.4) is 0 Å². The summed E-state index contributed by atoms with van der Waals surface area (Å²) in [5, 5.41) is 2.37. The lowest BCUT2D eigenvalue weighted by Gasteiger charge is -2.19. The highest BCUT2D eigenvalue weighted by atomic mass is 32.2. The van der Waals surface area contributed by atoms with Gasteiger partial charge < -0.3 is 0 Å². The quantitative estimate of drug-likeness (QED) is 0.190. The molecule has 0 saturated carbocycles. The summed E-state index contributed by atoms with van der Waals surface area (Å²) in [5.74, 6) is 0. The molecule has 6 rings (SSSR count). The van der Waals surface area contributed by atoms with E-state index in [2.05, 4.69) is 0 Å². The predicted octanol–water partition coefficient (Wildman–Crippen LogP) is 6.22. The monoisotopic (exact) mass is 620 g/mol. The minimum atomic E-state index is -4.96. The van der Waals surface area contributed by atoms with Gasteiger partial charge in [0.05, 0.1) is 4.90 Å². The van der Waals surface area contributed by atoms with E-state index in [1.165, 1.54) is 42.5 Å². The van der Waals surface area contributed by atoms with Crippen molar-refractivity contribution in [1.82, 2.24) is 0 Å². The molecule has 0 aliphatic carbocycles. The first-order valence-corrected chi connectivity index (χ1v) is 16.6. The average molecular weight is 621 g/mol. The van der Waals surface area contributed by atoms with Crippen LogP contribution in [0.4, 0.5) is 0 Å². The number of hydrogen-bond donors (Lipinski definition) is 3. The van der Waals surface area contributed by atoms with Crippen LogP contribution < -0.4 is 0 Å². The summed E-state index contributed by atoms with van der Waals surface area (Å²) in [4.78, 5) is -1.15. The van der Waals surface area contributed by atoms with Crippen LogP contribution in [0, 0.1) is 0 Å². The summed E-state index contributed by atoms with van der Waals surface area (Å²) in [6, 6.07) is 26.0. The normalized spacial score (nSPS) is 12.7. The standard InChI is InChI=1S/C30H20O9S3/c31-40(32,33)20-14-15-21-18(16-20)7-3-12-26(21)29-22-8-2-1-6-19(22)17-27(30(29)42(37,38)39)24-9-4-11-25-23(24)10-5-13-28(25)41(34,35)36/h1-17H,(H,31,32,33)(H,34,35,36)(H,37,38,39). The number of hydrogen-bond acceptors (Lipinski definition) is 6. The van der Waals surface area contributed by atoms with E-state index in [1.54, 1.807) is 60.7 Å². The molecule has 3 N–H and O–H groups in total. The molecular formula is C30H20O9S3. The Bertz CT molecular complexity index is 2430. The van der Waals surface area contributed by atoms with Gasteiger partial charge in [-0.25, -0.2) is 0 Å². The molecule has 0 bridgehead atoms. The fourth-order valence-corrected chi connectivity index (χ4v) is 7.59. The fourth-order valence-electron chi connectivity index (χ4n) is 5.45. The Morgan fingerprint density at radius 1 is 0.429 bits per heavy atom. The molecule has 0 aliphatic heterocycles. The molecule has 0 atom stereocenters. The van der Waals surface area contributed by atoms with Crippen LogP contribution in [-0.4, -0.2) is 38.9 Å². The third-order valence-electron chi connectivity index (χ3n) is 7.13. The fraction of sp³-hybridized carbons (Fsp3) is 0. The van der Waals surface area contributed by atoms with Crippen molar-refractivity contribution in [2.24, 2.45) is 0 Å². The van der Waals surface area contributed by atoms with Crippen LogP contribution in [0.1, 0.15) is 0 Å². The van der Waals surface area contributed by atoms with Crippen LogP contribution in [0.25, 0.3) is 54.6 Å². The molecular weight excluding hydrogens is 601 g/mol. The van der Waals surface area contributed by atoms with Gasteiger partial charge in [-0.15, -0.1) is 0 Å². The minimum absolute atomic E-state index is 0.0795. The van der Waals surface area contributed by atoms with Gasteiger partial charge in [0.1, 0.15) is 9.79 Å². The van der Waals surface area contributed by atoms with Crippen LogP contribution in [-0.2, 0) is 30.4 Å². The molecule has 9 nitrogen and oxygen atoms in total. The molecule has 0 amide bonds. The Balaban J connectivity index is 1.81. The molecule has 0 aliphatic rings. The van der Waals surface area contributed by atoms with E-state index in [0.29, 0.717) is 32.5 Å². The Hall–Kier alpha value is -4.17. The smallest absolute Gasteiger partial charge is 0.282 e. The maximum atomic E-state index is 13.3. The zero-order valence-electron chi connectivity index (χ0n) is 21.3. The van der Waals surface area contributed by atoms with Gasteiger partial charge in [0, 0.05) is 16.5 Å². The molecule has 0 heterocycles. The molecule has 12 heteroatoms. The highest BCUT2D eigenvalue weighted by Gasteiger charge is 2.27. The van der Waals surface area contributed by atoms with Gasteiger partial charge in [0.15, 0.2) is 0 Å². The largest absolute Gasteiger partial charge is 0.295 e. The first-order chi connectivity index (χ1) is 19.7. The van der Waals surface area contributed by atoms with Crippen molar-refractivity contribution in [3.05, 3.63) is 103 Å². The highest BCUT2D eigenvalue weighted by Crippen LogP contribution is 2.45. The Morgan fingerprint density at radius 3 is 1.74 bits per heavy atom. The third kappa shape index (κ3) is 4.73. The number of benzene rings is 6. The second-order valence-corrected chi connectivity index (χ2v) is 13.8. The van der Waals surface area contributed by atoms with E-state index in [9.17, 15) is 38.9 Å². The summed E-state index contributed by atoms with van der Waals surface area (Å²) >= 11 is 0. The van der Waals surface area contributed by atoms with Crippen molar-refractivity contribution < 1.29 is 38.9 Å². The van der Waals surface area contributed by atoms with Gasteiger partial charge >= 0.3 is 0 Å². The van der Waals surface area contributed by atoms with Crippen molar-refractivity contribution in [2.45, 2.75) is 14.7 Å². The average Bonchev–Trinajstić information content (AvgIpc) is 2.93. The van der Waals surface area contributed by atoms with Gasteiger partial charge in [-0.05, 0) is 62.3 Å². The lowest BCUT2D eigenvalue weighted by molar-refractivity contribution is 0.481. The van der Waals surface area contributed by atoms with Crippen LogP contribution in [0.5, 0.6) is 0 Å². The second-order valence-electron chi connectivity index (χ2n) is 9.62. The minimum Gasteiger partial charge on any atom is -0.282 e. The summed E-state index contributed by atoms with van der Waals surface area (Å²) in [6.07, 6.45) is 0. The molecule has 212 valence electrons. The van der Waals surface area contributed by atoms with Crippen LogP contribution in [0.15, 0.2) is 118 Å². The zero-order chi connectivity index (χ0) is 30.0. The van der Waals surface area contributed by atoms with Crippen molar-refractivity contribution in [2.75, 3.05) is 0 Å². The molecule has 6 aromatic rings. The van der Waals surface area contributed by atoms with E-state index >= 15 is 0 Å². The summed E-state index contributed by atoms with van der Waals surface area (Å²) in [7, 11) is -14.1. The first kappa shape index (κ1) is 28.0. The van der Waals surface area contributed by atoms with Gasteiger partial charge in [-0.2, -0.15) is 25.3 Å². The lowest BCUT2D eigenvalue weighted by atomic mass is 9.89. The van der Waals surface area contributed by atoms with E-state index < -0.39 is 35.2 Å². The lowest BCUT2D eigenvalue weighted by Crippen LogP contribution is -2.06. The third-order valence-corrected chi connectivity index (χ3v) is 9.83. The van der Waals surface area contributed by atoms with E-state index in [0.717, 1.165) is 0 Å². The molecule has 42 heavy (non-hydrogen) atoms. The van der Waals surface area contributed by atoms with Crippen molar-refractivity contribution >= 4 is 62.7 Å². The van der Waals surface area contributed by atoms with Crippen molar-refractivity contribution in [3.8, 4) is 22.3 Å². The highest BCUT2D eigenvalue weighted by molar-refractivity contribution is 7.86. The van der Waals surface area contributed by atoms with Crippen molar-refractivity contribution in [1.29, 1.82) is 0 Å². The Kier molecular flexibility index (Phi) is 6.46. The van der Waals surface area contributed by atoms with Gasteiger partial charge in [-0.3, -0.25) is 13.7 Å². The van der Waals surface area contributed by atoms with E-state index in [4.69, 9.17) is 0 Å². The number of fused-ring (bicyclic) bond motifs is 3. The predicted molar refractivity (Wildman–Crippen MR) is 159 cm³/mol. The zero-order valence-corrected chi connectivity index (χ0v) is 23.8.